The van der Waals surface area contributed by atoms with E-state index in [1.165, 1.54) is 6.92 Å². The summed E-state index contributed by atoms with van der Waals surface area (Å²) in [7, 11) is -3.82. The van der Waals surface area contributed by atoms with Crippen LogP contribution in [-0.2, 0) is 10.0 Å². The lowest BCUT2D eigenvalue weighted by molar-refractivity contribution is 0.102. The maximum atomic E-state index is 12.0. The number of primary sulfonamides is 1. The fourth-order valence-electron chi connectivity index (χ4n) is 1.50. The average Bonchev–Trinajstić information content (AvgIpc) is 2.70. The number of nitrogens with one attached hydrogen (secondary N) is 1. The number of carbonyl (C=O) groups is 1. The highest BCUT2D eigenvalue weighted by Crippen LogP contribution is 2.26. The third-order valence-corrected chi connectivity index (χ3v) is 5.44. The smallest absolute Gasteiger partial charge is 0.257 e. The molecule has 0 aliphatic rings. The molecule has 0 radical (unpaired) electrons. The van der Waals surface area contributed by atoms with Crippen molar-refractivity contribution < 1.29 is 13.2 Å². The lowest BCUT2D eigenvalue weighted by atomic mass is 10.2. The Bertz CT molecular complexity index is 771. The van der Waals surface area contributed by atoms with E-state index in [0.29, 0.717) is 5.56 Å². The van der Waals surface area contributed by atoms with E-state index in [9.17, 15) is 13.2 Å². The van der Waals surface area contributed by atoms with Gasteiger partial charge in [-0.05, 0) is 25.1 Å². The molecule has 0 saturated heterocycles. The first-order chi connectivity index (χ1) is 9.27. The van der Waals surface area contributed by atoms with Crippen LogP contribution >= 0.6 is 27.3 Å². The number of anilines is 1. The molecule has 0 aliphatic heterocycles. The molecule has 1 amide bonds. The van der Waals surface area contributed by atoms with Crippen LogP contribution in [0.2, 0.25) is 0 Å². The van der Waals surface area contributed by atoms with E-state index in [4.69, 9.17) is 5.14 Å². The van der Waals surface area contributed by atoms with E-state index in [0.717, 1.165) is 15.8 Å². The minimum absolute atomic E-state index is 0.0537. The number of aromatic nitrogens is 1. The highest BCUT2D eigenvalue weighted by Gasteiger charge is 2.19. The minimum Gasteiger partial charge on any atom is -0.298 e. The summed E-state index contributed by atoms with van der Waals surface area (Å²) in [6.07, 6.45) is 0. The number of hydrogen-bond donors (Lipinski definition) is 2. The van der Waals surface area contributed by atoms with Gasteiger partial charge in [0.15, 0.2) is 9.34 Å². The van der Waals surface area contributed by atoms with Gasteiger partial charge in [-0.2, -0.15) is 0 Å². The van der Waals surface area contributed by atoms with Crippen molar-refractivity contribution in [3.8, 4) is 0 Å². The van der Waals surface area contributed by atoms with E-state index in [-0.39, 0.29) is 20.9 Å². The van der Waals surface area contributed by atoms with Crippen LogP contribution in [0.5, 0.6) is 0 Å². The first-order valence-corrected chi connectivity index (χ1v) is 8.50. The maximum Gasteiger partial charge on any atom is 0.257 e. The fourth-order valence-corrected chi connectivity index (χ4v) is 3.75. The van der Waals surface area contributed by atoms with E-state index in [1.807, 2.05) is 0 Å². The van der Waals surface area contributed by atoms with Crippen molar-refractivity contribution >= 4 is 48.3 Å². The third kappa shape index (κ3) is 3.42. The summed E-state index contributed by atoms with van der Waals surface area (Å²) >= 11 is 4.09. The molecule has 3 N–H and O–H groups in total. The molecule has 1 aromatic heterocycles. The zero-order valence-electron chi connectivity index (χ0n) is 10.3. The van der Waals surface area contributed by atoms with Crippen molar-refractivity contribution in [2.45, 2.75) is 11.1 Å². The zero-order chi connectivity index (χ0) is 14.9. The molecule has 0 unspecified atom stereocenters. The highest BCUT2D eigenvalue weighted by molar-refractivity contribution is 9.10. The van der Waals surface area contributed by atoms with Gasteiger partial charge in [-0.3, -0.25) is 10.1 Å². The second-order valence-electron chi connectivity index (χ2n) is 3.90. The zero-order valence-corrected chi connectivity index (χ0v) is 13.5. The lowest BCUT2D eigenvalue weighted by Gasteiger charge is -2.01. The molecular weight excluding hydrogens is 366 g/mol. The average molecular weight is 376 g/mol. The van der Waals surface area contributed by atoms with Crippen LogP contribution in [0.25, 0.3) is 0 Å². The fraction of sp³-hybridized carbons (Fsp3) is 0.0909. The monoisotopic (exact) mass is 375 g/mol. The molecule has 0 aliphatic carbocycles. The number of rotatable bonds is 3. The number of nitrogens with zero attached hydrogens (tertiary/aromatic N) is 1. The van der Waals surface area contributed by atoms with Gasteiger partial charge >= 0.3 is 0 Å². The quantitative estimate of drug-likeness (QED) is 0.857. The van der Waals surface area contributed by atoms with E-state index in [2.05, 4.69) is 26.2 Å². The molecule has 106 valence electrons. The predicted molar refractivity (Wildman–Crippen MR) is 80.3 cm³/mol. The number of hydrogen-bond acceptors (Lipinski definition) is 5. The predicted octanol–water partition coefficient (Wildman–Crippen LogP) is 2.11. The Hall–Kier alpha value is -1.29. The van der Waals surface area contributed by atoms with Crippen LogP contribution in [0.1, 0.15) is 16.1 Å². The van der Waals surface area contributed by atoms with Gasteiger partial charge in [0.25, 0.3) is 5.91 Å². The molecule has 2 aromatic rings. The van der Waals surface area contributed by atoms with Gasteiger partial charge in [0.1, 0.15) is 0 Å². The van der Waals surface area contributed by atoms with Crippen LogP contribution in [0, 0.1) is 6.92 Å². The molecule has 0 fully saturated rings. The van der Waals surface area contributed by atoms with Gasteiger partial charge in [-0.25, -0.2) is 18.5 Å². The summed E-state index contributed by atoms with van der Waals surface area (Å²) in [6.45, 7) is 1.52. The van der Waals surface area contributed by atoms with Crippen molar-refractivity contribution in [1.82, 2.24) is 4.98 Å². The Labute approximate surface area is 128 Å². The molecule has 0 atom stereocenters. The lowest BCUT2D eigenvalue weighted by Crippen LogP contribution is -2.11. The van der Waals surface area contributed by atoms with Crippen molar-refractivity contribution in [2.24, 2.45) is 5.14 Å². The standard InChI is InChI=1S/C11H10BrN3O3S2/c1-6-10(20(13,17)18)19-11(14-6)15-9(16)7-3-2-4-8(12)5-7/h2-5H,1H3,(H2,13,17,18)(H,14,15,16). The molecule has 0 spiro atoms. The molecule has 20 heavy (non-hydrogen) atoms. The largest absolute Gasteiger partial charge is 0.298 e. The molecule has 1 aromatic carbocycles. The Morgan fingerprint density at radius 3 is 2.70 bits per heavy atom. The second-order valence-corrected chi connectivity index (χ2v) is 7.57. The number of carbonyl (C=O) groups excluding carboxylic acids is 1. The molecule has 2 rings (SSSR count). The summed E-state index contributed by atoms with van der Waals surface area (Å²) in [6, 6.07) is 6.81. The summed E-state index contributed by atoms with van der Waals surface area (Å²) in [5.41, 5.74) is 0.700. The molecule has 6 nitrogen and oxygen atoms in total. The molecule has 0 bridgehead atoms. The normalized spacial score (nSPS) is 11.3. The maximum absolute atomic E-state index is 12.0. The van der Waals surface area contributed by atoms with Gasteiger partial charge in [0, 0.05) is 10.0 Å². The van der Waals surface area contributed by atoms with Crippen molar-refractivity contribution in [1.29, 1.82) is 0 Å². The van der Waals surface area contributed by atoms with Gasteiger partial charge in [-0.15, -0.1) is 0 Å². The summed E-state index contributed by atoms with van der Waals surface area (Å²) < 4.78 is 23.3. The van der Waals surface area contributed by atoms with Crippen molar-refractivity contribution in [2.75, 3.05) is 5.32 Å². The number of sulfonamides is 1. The van der Waals surface area contributed by atoms with Crippen molar-refractivity contribution in [3.63, 3.8) is 0 Å². The van der Waals surface area contributed by atoms with Gasteiger partial charge in [0.05, 0.1) is 5.69 Å². The topological polar surface area (TPSA) is 102 Å². The Kier molecular flexibility index (Phi) is 4.23. The first kappa shape index (κ1) is 15.1. The van der Waals surface area contributed by atoms with Crippen molar-refractivity contribution in [3.05, 3.63) is 40.0 Å². The second kappa shape index (κ2) is 5.60. The molecule has 1 heterocycles. The Balaban J connectivity index is 2.25. The van der Waals surface area contributed by atoms with Gasteiger partial charge < -0.3 is 0 Å². The Morgan fingerprint density at radius 2 is 2.15 bits per heavy atom. The van der Waals surface area contributed by atoms with Crippen LogP contribution in [0.15, 0.2) is 32.9 Å². The number of thiazole rings is 1. The number of benzene rings is 1. The van der Waals surface area contributed by atoms with E-state index < -0.39 is 10.0 Å². The van der Waals surface area contributed by atoms with Gasteiger partial charge in [-0.1, -0.05) is 33.3 Å². The van der Waals surface area contributed by atoms with Crippen LogP contribution in [0.3, 0.4) is 0 Å². The number of amides is 1. The van der Waals surface area contributed by atoms with E-state index >= 15 is 0 Å². The summed E-state index contributed by atoms with van der Waals surface area (Å²) in [4.78, 5) is 16.0. The van der Waals surface area contributed by atoms with E-state index in [1.54, 1.807) is 24.3 Å². The summed E-state index contributed by atoms with van der Waals surface area (Å²) in [5, 5.41) is 7.79. The van der Waals surface area contributed by atoms with Gasteiger partial charge in [0.2, 0.25) is 10.0 Å². The molecule has 9 heteroatoms. The Morgan fingerprint density at radius 1 is 1.45 bits per heavy atom. The first-order valence-electron chi connectivity index (χ1n) is 5.34. The highest BCUT2D eigenvalue weighted by atomic mass is 79.9. The summed E-state index contributed by atoms with van der Waals surface area (Å²) in [5.74, 6) is -0.374. The van der Waals surface area contributed by atoms with Crippen LogP contribution in [-0.4, -0.2) is 19.3 Å². The SMILES string of the molecule is Cc1nc(NC(=O)c2cccc(Br)c2)sc1S(N)(=O)=O. The minimum atomic E-state index is -3.82. The number of halogens is 1. The van der Waals surface area contributed by atoms with Crippen LogP contribution in [0.4, 0.5) is 5.13 Å². The third-order valence-electron chi connectivity index (χ3n) is 2.32. The molecular formula is C11H10BrN3O3S2. The molecule has 0 saturated carbocycles. The van der Waals surface area contributed by atoms with Crippen LogP contribution < -0.4 is 10.5 Å². The number of aryl methyl sites for hydroxylation is 1. The number of nitrogens with two attached hydrogens (primary N) is 1.